The maximum atomic E-state index is 12.9. The third-order valence-electron chi connectivity index (χ3n) is 4.96. The van der Waals surface area contributed by atoms with E-state index in [2.05, 4.69) is 25.8 Å². The number of thioether (sulfide) groups is 1. The number of nitrogen functional groups attached to an aromatic ring is 2. The van der Waals surface area contributed by atoms with Gasteiger partial charge in [0, 0.05) is 28.9 Å². The van der Waals surface area contributed by atoms with Gasteiger partial charge in [0.25, 0.3) is 11.8 Å². The van der Waals surface area contributed by atoms with Crippen LogP contribution in [0.25, 0.3) is 0 Å². The Hall–Kier alpha value is -4.16. The number of nitrogens with two attached hydrogens (primary N) is 2. The van der Waals surface area contributed by atoms with E-state index in [0.717, 1.165) is 11.5 Å². The summed E-state index contributed by atoms with van der Waals surface area (Å²) in [6.07, 6.45) is 8.56. The molecule has 0 bridgehead atoms. The van der Waals surface area contributed by atoms with E-state index >= 15 is 0 Å². The summed E-state index contributed by atoms with van der Waals surface area (Å²) in [7, 11) is 0. The van der Waals surface area contributed by atoms with Crippen molar-refractivity contribution in [3.63, 3.8) is 0 Å². The van der Waals surface area contributed by atoms with Crippen molar-refractivity contribution < 1.29 is 28.9 Å². The monoisotopic (exact) mass is 515 g/mol. The number of fused-ring (bicyclic) bond motifs is 1. The molecule has 4 heterocycles. The van der Waals surface area contributed by atoms with E-state index in [4.69, 9.17) is 22.7 Å². The van der Waals surface area contributed by atoms with Crippen molar-refractivity contribution in [3.8, 4) is 12.3 Å². The lowest BCUT2D eigenvalue weighted by Gasteiger charge is -2.49. The van der Waals surface area contributed by atoms with E-state index in [1.54, 1.807) is 29.1 Å². The Bertz CT molecular complexity index is 1300. The number of aliphatic carboxylic acids is 1. The summed E-state index contributed by atoms with van der Waals surface area (Å²) in [5, 5.41) is 15.6. The van der Waals surface area contributed by atoms with E-state index in [0.29, 0.717) is 17.0 Å². The van der Waals surface area contributed by atoms with Crippen LogP contribution in [0.1, 0.15) is 5.82 Å². The highest BCUT2D eigenvalue weighted by Crippen LogP contribution is 2.40. The largest absolute Gasteiger partial charge is 0.477 e. The van der Waals surface area contributed by atoms with Crippen LogP contribution in [0.5, 0.6) is 0 Å². The van der Waals surface area contributed by atoms with Crippen LogP contribution in [0.15, 0.2) is 41.0 Å². The van der Waals surface area contributed by atoms with E-state index in [-0.39, 0.29) is 35.5 Å². The number of hydrogen-bond acceptors (Lipinski definition) is 11. The molecule has 0 radical (unpaired) electrons. The van der Waals surface area contributed by atoms with Crippen molar-refractivity contribution >= 4 is 57.6 Å². The molecule has 2 aromatic rings. The van der Waals surface area contributed by atoms with Crippen LogP contribution < -0.4 is 21.4 Å². The minimum absolute atomic E-state index is 0.0884. The Kier molecular flexibility index (Phi) is 6.85. The highest BCUT2D eigenvalue weighted by molar-refractivity contribution is 8.00. The third-order valence-corrected chi connectivity index (χ3v) is 6.85. The van der Waals surface area contributed by atoms with Crippen molar-refractivity contribution in [2.45, 2.75) is 18.0 Å². The van der Waals surface area contributed by atoms with Crippen LogP contribution in [0.4, 0.5) is 10.8 Å². The molecule has 1 saturated heterocycles. The number of carboxylic acid groups (broad SMARTS) is 1. The minimum Gasteiger partial charge on any atom is -0.477 e. The van der Waals surface area contributed by atoms with Crippen molar-refractivity contribution in [1.82, 2.24) is 19.6 Å². The maximum absolute atomic E-state index is 12.9. The van der Waals surface area contributed by atoms with Crippen LogP contribution >= 0.6 is 23.3 Å². The molecule has 1 fully saturated rings. The maximum Gasteiger partial charge on any atom is 0.352 e. The lowest BCUT2D eigenvalue weighted by Crippen LogP contribution is -2.71. The zero-order valence-electron chi connectivity index (χ0n) is 18.0. The first kappa shape index (κ1) is 24.0. The van der Waals surface area contributed by atoms with Crippen LogP contribution in [0, 0.1) is 12.3 Å². The van der Waals surface area contributed by atoms with Gasteiger partial charge in [0.15, 0.2) is 30.7 Å². The highest BCUT2D eigenvalue weighted by Gasteiger charge is 2.54. The van der Waals surface area contributed by atoms with Gasteiger partial charge in [0.1, 0.15) is 17.1 Å². The second kappa shape index (κ2) is 9.99. The number of pyridine rings is 1. The third kappa shape index (κ3) is 4.88. The average Bonchev–Trinajstić information content (AvgIpc) is 3.25. The molecule has 180 valence electrons. The van der Waals surface area contributed by atoms with Crippen molar-refractivity contribution in [2.75, 3.05) is 23.8 Å². The molecule has 2 aromatic heterocycles. The zero-order chi connectivity index (χ0) is 25.1. The predicted molar refractivity (Wildman–Crippen MR) is 126 cm³/mol. The smallest absolute Gasteiger partial charge is 0.352 e. The number of carbonyl (C=O) groups is 3. The van der Waals surface area contributed by atoms with Gasteiger partial charge in [0.05, 0.1) is 5.69 Å². The number of nitrogens with one attached hydrogen (secondary N) is 1. The summed E-state index contributed by atoms with van der Waals surface area (Å²) in [5.41, 5.74) is 12.0. The summed E-state index contributed by atoms with van der Waals surface area (Å²) in [6, 6.07) is 2.47. The van der Waals surface area contributed by atoms with E-state index in [1.165, 1.54) is 16.7 Å². The molecule has 0 aliphatic carbocycles. The molecule has 2 amide bonds. The fourth-order valence-electron chi connectivity index (χ4n) is 3.52. The number of amides is 2. The molecule has 0 aromatic carbocycles. The molecule has 13 nitrogen and oxygen atoms in total. The van der Waals surface area contributed by atoms with Gasteiger partial charge in [0.2, 0.25) is 11.5 Å². The lowest BCUT2D eigenvalue weighted by atomic mass is 10.0. The highest BCUT2D eigenvalue weighted by atomic mass is 32.2. The molecule has 6 N–H and O–H groups in total. The topological polar surface area (TPSA) is 190 Å². The van der Waals surface area contributed by atoms with Gasteiger partial charge in [-0.15, -0.1) is 18.2 Å². The number of carbonyl (C=O) groups excluding carboxylic acids is 2. The SMILES string of the molecule is C#CCON=C(C(=O)NC1C(=O)N2C(C(=O)O)=C(C[n+]3cccc(N)c3)CS[C@H]12)c1nsc(N)n1. The summed E-state index contributed by atoms with van der Waals surface area (Å²) in [4.78, 5) is 47.9. The van der Waals surface area contributed by atoms with Crippen molar-refractivity contribution in [1.29, 1.82) is 0 Å². The van der Waals surface area contributed by atoms with Crippen LogP contribution in [-0.2, 0) is 25.8 Å². The van der Waals surface area contributed by atoms with Crippen LogP contribution in [-0.4, -0.2) is 66.6 Å². The van der Waals surface area contributed by atoms with Gasteiger partial charge in [-0.3, -0.25) is 14.5 Å². The number of aromatic nitrogens is 3. The first-order valence-electron chi connectivity index (χ1n) is 9.98. The molecular weight excluding hydrogens is 496 g/mol. The second-order valence-corrected chi connectivity index (χ2v) is 9.19. The number of carboxylic acids is 1. The van der Waals surface area contributed by atoms with E-state index in [1.807, 2.05) is 0 Å². The quantitative estimate of drug-likeness (QED) is 0.0828. The molecular formula is C20H19N8O5S2+. The molecule has 0 spiro atoms. The standard InChI is InChI=1S/C20H18N8O5S2/c1-2-6-33-25-12(15-24-20(22)35-26-15)16(29)23-13-17(30)28-14(19(31)32)10(9-34-18(13)28)7-27-5-3-4-11(21)8-27/h1,3-5,8,13,18H,6-7,9,21H2,(H3-,22,23,24,26,29,31,32)/p+1/t13?,18-/m1/s1. The predicted octanol–water partition coefficient (Wildman–Crippen LogP) is -1.22. The van der Waals surface area contributed by atoms with Gasteiger partial charge >= 0.3 is 5.97 Å². The van der Waals surface area contributed by atoms with Crippen molar-refractivity contribution in [3.05, 3.63) is 41.6 Å². The molecule has 2 aliphatic heterocycles. The Morgan fingerprint density at radius 3 is 2.91 bits per heavy atom. The van der Waals surface area contributed by atoms with Crippen LogP contribution in [0.2, 0.25) is 0 Å². The Labute approximate surface area is 207 Å². The van der Waals surface area contributed by atoms with Gasteiger partial charge in [-0.1, -0.05) is 11.1 Å². The molecule has 4 rings (SSSR count). The van der Waals surface area contributed by atoms with Gasteiger partial charge in [-0.25, -0.2) is 4.79 Å². The number of terminal acetylenes is 1. The summed E-state index contributed by atoms with van der Waals surface area (Å²) < 4.78 is 5.68. The second-order valence-electron chi connectivity index (χ2n) is 7.30. The summed E-state index contributed by atoms with van der Waals surface area (Å²) in [5.74, 6) is -0.145. The van der Waals surface area contributed by atoms with Gasteiger partial charge in [-0.05, 0) is 6.07 Å². The van der Waals surface area contributed by atoms with E-state index in [9.17, 15) is 19.5 Å². The van der Waals surface area contributed by atoms with Crippen molar-refractivity contribution in [2.24, 2.45) is 5.16 Å². The lowest BCUT2D eigenvalue weighted by molar-refractivity contribution is -0.688. The molecule has 2 aliphatic rings. The molecule has 15 heteroatoms. The molecule has 1 unspecified atom stereocenters. The molecule has 0 saturated carbocycles. The number of hydrogen-bond donors (Lipinski definition) is 4. The van der Waals surface area contributed by atoms with E-state index < -0.39 is 29.2 Å². The molecule has 35 heavy (non-hydrogen) atoms. The Balaban J connectivity index is 1.53. The van der Waals surface area contributed by atoms with Gasteiger partial charge in [-0.2, -0.15) is 13.9 Å². The number of anilines is 2. The number of oxime groups is 1. The first-order valence-corrected chi connectivity index (χ1v) is 11.8. The minimum atomic E-state index is -1.24. The average molecular weight is 516 g/mol. The van der Waals surface area contributed by atoms with Gasteiger partial charge < -0.3 is 26.7 Å². The fraction of sp³-hybridized carbons (Fsp3) is 0.250. The number of β-lactam (4-membered cyclic amide) rings is 1. The first-order chi connectivity index (χ1) is 16.8. The van der Waals surface area contributed by atoms with Crippen LogP contribution in [0.3, 0.4) is 0 Å². The number of rotatable bonds is 8. The number of nitrogens with zero attached hydrogens (tertiary/aromatic N) is 5. The molecule has 2 atom stereocenters. The summed E-state index contributed by atoms with van der Waals surface area (Å²) in [6.45, 7) is 0.0407. The Morgan fingerprint density at radius 2 is 2.26 bits per heavy atom. The fourth-order valence-corrected chi connectivity index (χ4v) is 5.29. The summed E-state index contributed by atoms with van der Waals surface area (Å²) >= 11 is 2.18. The zero-order valence-corrected chi connectivity index (χ0v) is 19.6. The Morgan fingerprint density at radius 1 is 1.46 bits per heavy atom. The normalized spacial score (nSPS) is 19.5.